The van der Waals surface area contributed by atoms with Gasteiger partial charge in [-0.3, -0.25) is 10.2 Å². The van der Waals surface area contributed by atoms with Crippen molar-refractivity contribution >= 4 is 27.8 Å². The SMILES string of the molecule is CC(C)(C)c1ccc(C=NNc2cn[nH]c(=O)c2Br)cc1. The van der Waals surface area contributed by atoms with E-state index in [4.69, 9.17) is 0 Å². The van der Waals surface area contributed by atoms with Crippen molar-refractivity contribution in [2.45, 2.75) is 26.2 Å². The van der Waals surface area contributed by atoms with E-state index in [9.17, 15) is 4.79 Å². The van der Waals surface area contributed by atoms with Crippen molar-refractivity contribution in [3.05, 3.63) is 56.4 Å². The van der Waals surface area contributed by atoms with Crippen molar-refractivity contribution in [2.75, 3.05) is 5.43 Å². The summed E-state index contributed by atoms with van der Waals surface area (Å²) in [6.45, 7) is 6.53. The number of hydrogen-bond donors (Lipinski definition) is 2. The monoisotopic (exact) mass is 348 g/mol. The van der Waals surface area contributed by atoms with Crippen LogP contribution in [0.5, 0.6) is 0 Å². The first kappa shape index (κ1) is 15.4. The van der Waals surface area contributed by atoms with E-state index >= 15 is 0 Å². The molecule has 2 aromatic rings. The van der Waals surface area contributed by atoms with Crippen LogP contribution in [0.2, 0.25) is 0 Å². The normalized spacial score (nSPS) is 11.8. The first-order valence-corrected chi connectivity index (χ1v) is 7.30. The Labute approximate surface area is 131 Å². The predicted octanol–water partition coefficient (Wildman–Crippen LogP) is 3.28. The van der Waals surface area contributed by atoms with Gasteiger partial charge in [-0.1, -0.05) is 45.0 Å². The van der Waals surface area contributed by atoms with Crippen molar-refractivity contribution in [3.63, 3.8) is 0 Å². The lowest BCUT2D eigenvalue weighted by Gasteiger charge is -2.18. The number of halogens is 1. The van der Waals surface area contributed by atoms with Gasteiger partial charge < -0.3 is 0 Å². The molecule has 110 valence electrons. The fraction of sp³-hybridized carbons (Fsp3) is 0.267. The lowest BCUT2D eigenvalue weighted by Crippen LogP contribution is -2.11. The number of aromatic amines is 1. The van der Waals surface area contributed by atoms with Crippen LogP contribution in [0.25, 0.3) is 0 Å². The summed E-state index contributed by atoms with van der Waals surface area (Å²) in [6.07, 6.45) is 3.19. The fourth-order valence-electron chi connectivity index (χ4n) is 1.71. The van der Waals surface area contributed by atoms with Crippen LogP contribution in [0.4, 0.5) is 5.69 Å². The Bertz CT molecular complexity index is 699. The van der Waals surface area contributed by atoms with Crippen molar-refractivity contribution in [1.82, 2.24) is 10.2 Å². The maximum Gasteiger partial charge on any atom is 0.280 e. The average Bonchev–Trinajstić information content (AvgIpc) is 2.43. The van der Waals surface area contributed by atoms with Gasteiger partial charge in [-0.25, -0.2) is 5.10 Å². The minimum absolute atomic E-state index is 0.134. The predicted molar refractivity (Wildman–Crippen MR) is 88.9 cm³/mol. The van der Waals surface area contributed by atoms with Crippen LogP contribution < -0.4 is 11.0 Å². The van der Waals surface area contributed by atoms with Gasteiger partial charge >= 0.3 is 0 Å². The smallest absolute Gasteiger partial charge is 0.275 e. The molecule has 0 aliphatic rings. The highest BCUT2D eigenvalue weighted by Gasteiger charge is 2.12. The molecule has 1 heterocycles. The number of hydrogen-bond acceptors (Lipinski definition) is 4. The highest BCUT2D eigenvalue weighted by Crippen LogP contribution is 2.21. The number of benzene rings is 1. The van der Waals surface area contributed by atoms with Crippen LogP contribution in [-0.4, -0.2) is 16.4 Å². The molecule has 0 spiro atoms. The third kappa shape index (κ3) is 4.01. The molecule has 0 aliphatic carbocycles. The minimum atomic E-state index is -0.301. The van der Waals surface area contributed by atoms with Gasteiger partial charge in [0.05, 0.1) is 18.1 Å². The number of hydrazone groups is 1. The van der Waals surface area contributed by atoms with E-state index in [1.54, 1.807) is 6.21 Å². The minimum Gasteiger partial charge on any atom is -0.275 e. The highest BCUT2D eigenvalue weighted by molar-refractivity contribution is 9.10. The molecule has 0 atom stereocenters. The van der Waals surface area contributed by atoms with Crippen molar-refractivity contribution < 1.29 is 0 Å². The fourth-order valence-corrected chi connectivity index (χ4v) is 1.99. The summed E-state index contributed by atoms with van der Waals surface area (Å²) < 4.78 is 0.373. The molecule has 0 radical (unpaired) electrons. The number of H-pyrrole nitrogens is 1. The van der Waals surface area contributed by atoms with Gasteiger partial charge in [-0.15, -0.1) is 0 Å². The molecule has 1 aromatic carbocycles. The molecular weight excluding hydrogens is 332 g/mol. The standard InChI is InChI=1S/C15H17BrN4O/c1-15(2,3)11-6-4-10(5-7-11)8-17-19-12-9-18-20-14(21)13(12)16/h4-9H,1-3H3,(H2,19,20,21). The van der Waals surface area contributed by atoms with Crippen LogP contribution in [0.15, 0.2) is 44.8 Å². The van der Waals surface area contributed by atoms with Crippen LogP contribution in [0.3, 0.4) is 0 Å². The first-order valence-electron chi connectivity index (χ1n) is 6.51. The maximum atomic E-state index is 11.3. The zero-order valence-corrected chi connectivity index (χ0v) is 13.7. The summed E-state index contributed by atoms with van der Waals surface area (Å²) in [5.74, 6) is 0. The Kier molecular flexibility index (Phi) is 4.57. The lowest BCUT2D eigenvalue weighted by molar-refractivity contribution is 0.590. The zero-order valence-electron chi connectivity index (χ0n) is 12.1. The van der Waals surface area contributed by atoms with Crippen molar-refractivity contribution in [1.29, 1.82) is 0 Å². The molecule has 6 heteroatoms. The van der Waals surface area contributed by atoms with Gasteiger partial charge in [0.2, 0.25) is 0 Å². The molecule has 21 heavy (non-hydrogen) atoms. The van der Waals surface area contributed by atoms with E-state index in [2.05, 4.69) is 69.6 Å². The number of nitrogens with one attached hydrogen (secondary N) is 2. The Balaban J connectivity index is 2.08. The first-order chi connectivity index (χ1) is 9.88. The quantitative estimate of drug-likeness (QED) is 0.660. The van der Waals surface area contributed by atoms with E-state index in [1.807, 2.05) is 12.1 Å². The second-order valence-corrected chi connectivity index (χ2v) is 6.46. The van der Waals surface area contributed by atoms with E-state index in [0.717, 1.165) is 5.56 Å². The molecule has 0 saturated carbocycles. The average molecular weight is 349 g/mol. The molecular formula is C15H17BrN4O. The van der Waals surface area contributed by atoms with Gasteiger partial charge in [0.15, 0.2) is 0 Å². The molecule has 0 bridgehead atoms. The van der Waals surface area contributed by atoms with Crippen LogP contribution in [0.1, 0.15) is 31.9 Å². The number of rotatable bonds is 3. The second kappa shape index (κ2) is 6.22. The summed E-state index contributed by atoms with van der Waals surface area (Å²) in [4.78, 5) is 11.3. The van der Waals surface area contributed by atoms with Gasteiger partial charge in [-0.05, 0) is 32.5 Å². The van der Waals surface area contributed by atoms with Crippen LogP contribution in [0, 0.1) is 0 Å². The summed E-state index contributed by atoms with van der Waals surface area (Å²) in [5, 5.41) is 10.1. The molecule has 1 aromatic heterocycles. The molecule has 2 N–H and O–H groups in total. The van der Waals surface area contributed by atoms with Crippen molar-refractivity contribution in [2.24, 2.45) is 5.10 Å². The molecule has 0 fully saturated rings. The number of anilines is 1. The van der Waals surface area contributed by atoms with Gasteiger partial charge in [0, 0.05) is 0 Å². The highest BCUT2D eigenvalue weighted by atomic mass is 79.9. The second-order valence-electron chi connectivity index (χ2n) is 5.67. The summed E-state index contributed by atoms with van der Waals surface area (Å²) >= 11 is 3.18. The largest absolute Gasteiger partial charge is 0.280 e. The molecule has 0 saturated heterocycles. The maximum absolute atomic E-state index is 11.3. The third-order valence-corrected chi connectivity index (χ3v) is 3.76. The Hall–Kier alpha value is -1.95. The Morgan fingerprint density at radius 3 is 2.57 bits per heavy atom. The van der Waals surface area contributed by atoms with E-state index < -0.39 is 0 Å². The van der Waals surface area contributed by atoms with E-state index in [1.165, 1.54) is 11.8 Å². The summed E-state index contributed by atoms with van der Waals surface area (Å²) in [6, 6.07) is 8.20. The third-order valence-electron chi connectivity index (χ3n) is 2.97. The van der Waals surface area contributed by atoms with Gasteiger partial charge in [0.1, 0.15) is 4.47 Å². The zero-order chi connectivity index (χ0) is 15.5. The van der Waals surface area contributed by atoms with E-state index in [0.29, 0.717) is 10.2 Å². The molecule has 5 nitrogen and oxygen atoms in total. The lowest BCUT2D eigenvalue weighted by atomic mass is 9.87. The summed E-state index contributed by atoms with van der Waals surface area (Å²) in [7, 11) is 0. The Morgan fingerprint density at radius 1 is 1.29 bits per heavy atom. The number of aromatic nitrogens is 2. The van der Waals surface area contributed by atoms with E-state index in [-0.39, 0.29) is 11.0 Å². The number of nitrogens with zero attached hydrogens (tertiary/aromatic N) is 2. The van der Waals surface area contributed by atoms with Gasteiger partial charge in [-0.2, -0.15) is 10.2 Å². The van der Waals surface area contributed by atoms with Crippen molar-refractivity contribution in [3.8, 4) is 0 Å². The van der Waals surface area contributed by atoms with Crippen LogP contribution >= 0.6 is 15.9 Å². The van der Waals surface area contributed by atoms with Crippen LogP contribution in [-0.2, 0) is 5.41 Å². The topological polar surface area (TPSA) is 70.1 Å². The molecule has 0 amide bonds. The molecule has 0 aliphatic heterocycles. The summed E-state index contributed by atoms with van der Waals surface area (Å²) in [5.41, 5.74) is 5.38. The Morgan fingerprint density at radius 2 is 1.95 bits per heavy atom. The van der Waals surface area contributed by atoms with Gasteiger partial charge in [0.25, 0.3) is 5.56 Å². The molecule has 0 unspecified atom stereocenters. The molecule has 2 rings (SSSR count).